The van der Waals surface area contributed by atoms with Gasteiger partial charge in [-0.15, -0.1) is 0 Å². The van der Waals surface area contributed by atoms with E-state index in [0.29, 0.717) is 23.6 Å². The first-order chi connectivity index (χ1) is 10.0. The summed E-state index contributed by atoms with van der Waals surface area (Å²) in [4.78, 5) is 30.6. The van der Waals surface area contributed by atoms with Crippen LogP contribution < -0.4 is 11.3 Å². The Morgan fingerprint density at radius 1 is 1.43 bits per heavy atom. The summed E-state index contributed by atoms with van der Waals surface area (Å²) in [5, 5.41) is 0. The zero-order valence-corrected chi connectivity index (χ0v) is 12.9. The van der Waals surface area contributed by atoms with E-state index in [4.69, 9.17) is 18.0 Å². The number of aromatic nitrogens is 1. The van der Waals surface area contributed by atoms with Gasteiger partial charge < -0.3 is 15.6 Å². The van der Waals surface area contributed by atoms with E-state index in [1.165, 1.54) is 12.3 Å². The lowest BCUT2D eigenvalue weighted by Crippen LogP contribution is -2.54. The van der Waals surface area contributed by atoms with Crippen LogP contribution in [0.15, 0.2) is 23.1 Å². The number of piperazine rings is 1. The lowest BCUT2D eigenvalue weighted by molar-refractivity contribution is 0.0611. The third kappa shape index (κ3) is 3.68. The number of nitrogens with one attached hydrogen (secondary N) is 1. The van der Waals surface area contributed by atoms with Crippen molar-refractivity contribution in [1.29, 1.82) is 0 Å². The van der Waals surface area contributed by atoms with Crippen LogP contribution in [0, 0.1) is 0 Å². The molecule has 1 atom stereocenters. The maximum absolute atomic E-state index is 12.3. The van der Waals surface area contributed by atoms with E-state index in [0.717, 1.165) is 19.5 Å². The van der Waals surface area contributed by atoms with Gasteiger partial charge >= 0.3 is 0 Å². The molecule has 21 heavy (non-hydrogen) atoms. The molecule has 1 aromatic rings. The van der Waals surface area contributed by atoms with Crippen molar-refractivity contribution in [3.05, 3.63) is 34.2 Å². The summed E-state index contributed by atoms with van der Waals surface area (Å²) < 4.78 is 0. The van der Waals surface area contributed by atoms with Crippen molar-refractivity contribution >= 4 is 23.1 Å². The van der Waals surface area contributed by atoms with Gasteiger partial charge in [0, 0.05) is 44.0 Å². The number of carbonyl (C=O) groups excluding carboxylic acids is 1. The quantitative estimate of drug-likeness (QED) is 0.776. The molecule has 0 saturated carbocycles. The molecule has 7 heteroatoms. The molecule has 1 saturated heterocycles. The van der Waals surface area contributed by atoms with Crippen molar-refractivity contribution in [2.24, 2.45) is 5.73 Å². The van der Waals surface area contributed by atoms with Crippen molar-refractivity contribution < 1.29 is 4.79 Å². The summed E-state index contributed by atoms with van der Waals surface area (Å²) in [7, 11) is 0. The summed E-state index contributed by atoms with van der Waals surface area (Å²) in [5.41, 5.74) is 5.91. The molecule has 0 radical (unpaired) electrons. The van der Waals surface area contributed by atoms with E-state index in [2.05, 4.69) is 16.8 Å². The number of pyridine rings is 1. The minimum absolute atomic E-state index is 0.0943. The average molecular weight is 308 g/mol. The fourth-order valence-corrected chi connectivity index (χ4v) is 2.95. The monoisotopic (exact) mass is 308 g/mol. The second kappa shape index (κ2) is 6.82. The number of hydrogen-bond acceptors (Lipinski definition) is 4. The number of thiocarbonyl (C=S) groups is 1. The lowest BCUT2D eigenvalue weighted by Gasteiger charge is -2.38. The van der Waals surface area contributed by atoms with Crippen LogP contribution in [0.4, 0.5) is 0 Å². The van der Waals surface area contributed by atoms with Crippen LogP contribution in [0.2, 0.25) is 0 Å². The summed E-state index contributed by atoms with van der Waals surface area (Å²) in [6.45, 7) is 4.77. The Kier molecular flexibility index (Phi) is 5.08. The smallest absolute Gasteiger partial charge is 0.254 e. The fraction of sp³-hybridized carbons (Fsp3) is 0.500. The first kappa shape index (κ1) is 15.7. The number of carbonyl (C=O) groups is 1. The number of nitrogens with two attached hydrogens (primary N) is 1. The minimum Gasteiger partial charge on any atom is -0.392 e. The summed E-state index contributed by atoms with van der Waals surface area (Å²) in [5.74, 6) is -0.107. The van der Waals surface area contributed by atoms with Gasteiger partial charge in [-0.2, -0.15) is 0 Å². The highest BCUT2D eigenvalue weighted by atomic mass is 32.1. The van der Waals surface area contributed by atoms with Gasteiger partial charge in [-0.1, -0.05) is 19.1 Å². The molecule has 0 aromatic carbocycles. The molecule has 0 bridgehead atoms. The maximum atomic E-state index is 12.3. The molecule has 1 aliphatic rings. The number of rotatable bonds is 4. The first-order valence-electron chi connectivity index (χ1n) is 7.04. The molecule has 114 valence electrons. The number of amides is 1. The molecular weight excluding hydrogens is 288 g/mol. The zero-order valence-electron chi connectivity index (χ0n) is 12.0. The molecule has 2 rings (SSSR count). The third-order valence-electron chi connectivity index (χ3n) is 3.78. The van der Waals surface area contributed by atoms with Gasteiger partial charge in [-0.25, -0.2) is 0 Å². The molecule has 0 aliphatic carbocycles. The van der Waals surface area contributed by atoms with E-state index in [-0.39, 0.29) is 17.5 Å². The van der Waals surface area contributed by atoms with Gasteiger partial charge in [0.15, 0.2) is 0 Å². The Hall–Kier alpha value is -1.73. The lowest BCUT2D eigenvalue weighted by atomic mass is 10.1. The second-order valence-corrected chi connectivity index (χ2v) is 5.57. The Bertz CT molecular complexity index is 578. The SMILES string of the molecule is CCC(C(N)=S)N1CCN(C(=O)c2cc[nH]c(=O)c2)CC1. The number of aromatic amines is 1. The van der Waals surface area contributed by atoms with E-state index in [1.54, 1.807) is 11.0 Å². The summed E-state index contributed by atoms with van der Waals surface area (Å²) in [6, 6.07) is 3.05. The number of nitrogens with zero attached hydrogens (tertiary/aromatic N) is 2. The number of hydrogen-bond donors (Lipinski definition) is 2. The maximum Gasteiger partial charge on any atom is 0.254 e. The van der Waals surface area contributed by atoms with E-state index >= 15 is 0 Å². The van der Waals surface area contributed by atoms with Gasteiger partial charge in [0.2, 0.25) is 5.56 Å². The zero-order chi connectivity index (χ0) is 15.4. The Morgan fingerprint density at radius 3 is 2.62 bits per heavy atom. The third-order valence-corrected chi connectivity index (χ3v) is 4.05. The van der Waals surface area contributed by atoms with Crippen molar-refractivity contribution in [1.82, 2.24) is 14.8 Å². The Morgan fingerprint density at radius 2 is 2.10 bits per heavy atom. The molecule has 2 heterocycles. The Labute approximate surface area is 128 Å². The summed E-state index contributed by atoms with van der Waals surface area (Å²) in [6.07, 6.45) is 2.36. The topological polar surface area (TPSA) is 82.4 Å². The second-order valence-electron chi connectivity index (χ2n) is 5.10. The molecule has 1 amide bonds. The van der Waals surface area contributed by atoms with Gasteiger partial charge in [-0.3, -0.25) is 14.5 Å². The summed E-state index contributed by atoms with van der Waals surface area (Å²) >= 11 is 5.09. The predicted molar refractivity (Wildman–Crippen MR) is 85.4 cm³/mol. The fourth-order valence-electron chi connectivity index (χ4n) is 2.64. The highest BCUT2D eigenvalue weighted by Crippen LogP contribution is 2.12. The molecule has 1 unspecified atom stereocenters. The van der Waals surface area contributed by atoms with Crippen LogP contribution in [0.3, 0.4) is 0 Å². The average Bonchev–Trinajstić information content (AvgIpc) is 2.47. The van der Waals surface area contributed by atoms with E-state index < -0.39 is 0 Å². The standard InChI is InChI=1S/C14H20N4O2S/c1-2-11(13(15)21)17-5-7-18(8-6-17)14(20)10-3-4-16-12(19)9-10/h3-4,9,11H,2,5-8H2,1H3,(H2,15,21)(H,16,19). The van der Waals surface area contributed by atoms with Crippen LogP contribution >= 0.6 is 12.2 Å². The normalized spacial score (nSPS) is 17.5. The molecule has 0 spiro atoms. The van der Waals surface area contributed by atoms with Crippen LogP contribution in [-0.4, -0.2) is 57.9 Å². The van der Waals surface area contributed by atoms with Crippen molar-refractivity contribution in [3.8, 4) is 0 Å². The molecular formula is C14H20N4O2S. The number of H-pyrrole nitrogens is 1. The molecule has 3 N–H and O–H groups in total. The largest absolute Gasteiger partial charge is 0.392 e. The van der Waals surface area contributed by atoms with E-state index in [9.17, 15) is 9.59 Å². The molecule has 1 aromatic heterocycles. The Balaban J connectivity index is 1.99. The van der Waals surface area contributed by atoms with Crippen molar-refractivity contribution in [3.63, 3.8) is 0 Å². The van der Waals surface area contributed by atoms with Gasteiger partial charge in [0.05, 0.1) is 11.0 Å². The molecule has 6 nitrogen and oxygen atoms in total. The van der Waals surface area contributed by atoms with Crippen molar-refractivity contribution in [2.75, 3.05) is 26.2 Å². The first-order valence-corrected chi connectivity index (χ1v) is 7.45. The highest BCUT2D eigenvalue weighted by molar-refractivity contribution is 7.80. The van der Waals surface area contributed by atoms with E-state index in [1.807, 2.05) is 0 Å². The van der Waals surface area contributed by atoms with Gasteiger partial charge in [0.1, 0.15) is 0 Å². The van der Waals surface area contributed by atoms with Crippen LogP contribution in [-0.2, 0) is 0 Å². The highest BCUT2D eigenvalue weighted by Gasteiger charge is 2.27. The van der Waals surface area contributed by atoms with Crippen LogP contribution in [0.25, 0.3) is 0 Å². The predicted octanol–water partition coefficient (Wildman–Crippen LogP) is 0.197. The van der Waals surface area contributed by atoms with Crippen LogP contribution in [0.1, 0.15) is 23.7 Å². The molecule has 1 aliphatic heterocycles. The minimum atomic E-state index is -0.265. The van der Waals surface area contributed by atoms with Crippen LogP contribution in [0.5, 0.6) is 0 Å². The molecule has 1 fully saturated rings. The van der Waals surface area contributed by atoms with Crippen molar-refractivity contribution in [2.45, 2.75) is 19.4 Å². The van der Waals surface area contributed by atoms with Gasteiger partial charge in [0.25, 0.3) is 5.91 Å². The van der Waals surface area contributed by atoms with Gasteiger partial charge in [-0.05, 0) is 12.5 Å².